The molecule has 0 amide bonds. The average molecular weight is 335 g/mol. The van der Waals surface area contributed by atoms with Crippen LogP contribution in [-0.2, 0) is 4.74 Å². The summed E-state index contributed by atoms with van der Waals surface area (Å²) in [7, 11) is 3.75. The van der Waals surface area contributed by atoms with Gasteiger partial charge >= 0.3 is 0 Å². The first kappa shape index (κ1) is 20.2. The summed E-state index contributed by atoms with van der Waals surface area (Å²) < 4.78 is 18.9. The van der Waals surface area contributed by atoms with E-state index < -0.39 is 0 Å². The zero-order valence-corrected chi connectivity index (χ0v) is 15.3. The number of benzene rings is 1. The number of ether oxygens (including phenoxy) is 1. The maximum atomic E-state index is 13.3. The van der Waals surface area contributed by atoms with Gasteiger partial charge in [-0.1, -0.05) is 32.6 Å². The molecular formula is C19H30FN3O. The Bertz CT molecular complexity index is 543. The number of nitrogens with one attached hydrogen (secondary N) is 1. The Morgan fingerprint density at radius 3 is 2.38 bits per heavy atom. The molecule has 1 saturated carbocycles. The van der Waals surface area contributed by atoms with Gasteiger partial charge in [-0.15, -0.1) is 6.58 Å². The van der Waals surface area contributed by atoms with Crippen molar-refractivity contribution in [2.45, 2.75) is 32.2 Å². The van der Waals surface area contributed by atoms with E-state index in [1.165, 1.54) is 12.1 Å². The zero-order chi connectivity index (χ0) is 18.2. The number of hydrogen-bond donors (Lipinski definition) is 1. The van der Waals surface area contributed by atoms with E-state index in [2.05, 4.69) is 23.4 Å². The first-order chi connectivity index (χ1) is 11.6. The highest BCUT2D eigenvalue weighted by Gasteiger charge is 2.48. The second-order valence-corrected chi connectivity index (χ2v) is 5.52. The van der Waals surface area contributed by atoms with Crippen molar-refractivity contribution < 1.29 is 9.13 Å². The second-order valence-electron chi connectivity index (χ2n) is 5.52. The smallest absolute Gasteiger partial charge is 0.127 e. The van der Waals surface area contributed by atoms with E-state index in [4.69, 9.17) is 4.74 Å². The van der Waals surface area contributed by atoms with Crippen LogP contribution in [0.2, 0.25) is 0 Å². The molecule has 24 heavy (non-hydrogen) atoms. The van der Waals surface area contributed by atoms with Gasteiger partial charge in [0.05, 0.1) is 5.54 Å². The summed E-state index contributed by atoms with van der Waals surface area (Å²) in [6, 6.07) is 6.47. The molecule has 1 aliphatic heterocycles. The topological polar surface area (TPSA) is 27.7 Å². The van der Waals surface area contributed by atoms with Gasteiger partial charge in [0.15, 0.2) is 0 Å². The fraction of sp³-hybridized carbons (Fsp3) is 0.474. The molecule has 2 aliphatic rings. The van der Waals surface area contributed by atoms with Crippen LogP contribution in [-0.4, -0.2) is 38.0 Å². The van der Waals surface area contributed by atoms with Gasteiger partial charge < -0.3 is 19.9 Å². The maximum absolute atomic E-state index is 13.3. The average Bonchev–Trinajstić information content (AvgIpc) is 3.39. The van der Waals surface area contributed by atoms with Crippen molar-refractivity contribution in [1.29, 1.82) is 0 Å². The number of anilines is 1. The summed E-state index contributed by atoms with van der Waals surface area (Å²) >= 11 is 0. The number of rotatable bonds is 3. The molecule has 1 saturated heterocycles. The summed E-state index contributed by atoms with van der Waals surface area (Å²) in [5.41, 5.74) is 0.734. The lowest BCUT2D eigenvalue weighted by Crippen LogP contribution is -2.48. The summed E-state index contributed by atoms with van der Waals surface area (Å²) in [5, 5.41) is 2.75. The highest BCUT2D eigenvalue weighted by atomic mass is 19.1. The lowest BCUT2D eigenvalue weighted by molar-refractivity contribution is -0.00229. The molecule has 0 spiro atoms. The molecule has 0 bridgehead atoms. The molecule has 0 aromatic heterocycles. The fourth-order valence-electron chi connectivity index (χ4n) is 2.48. The van der Waals surface area contributed by atoms with Crippen LogP contribution in [0.25, 0.3) is 0 Å². The Morgan fingerprint density at radius 1 is 1.25 bits per heavy atom. The quantitative estimate of drug-likeness (QED) is 0.847. The maximum Gasteiger partial charge on any atom is 0.127 e. The third kappa shape index (κ3) is 4.58. The van der Waals surface area contributed by atoms with E-state index in [1.54, 1.807) is 6.07 Å². The molecule has 134 valence electrons. The van der Waals surface area contributed by atoms with Gasteiger partial charge in [-0.25, -0.2) is 4.39 Å². The van der Waals surface area contributed by atoms with E-state index in [9.17, 15) is 4.39 Å². The molecular weight excluding hydrogens is 305 g/mol. The Labute approximate surface area is 145 Å². The van der Waals surface area contributed by atoms with Crippen LogP contribution < -0.4 is 10.2 Å². The summed E-state index contributed by atoms with van der Waals surface area (Å²) in [6.07, 6.45) is 4.09. The van der Waals surface area contributed by atoms with Crippen molar-refractivity contribution in [3.05, 3.63) is 55.1 Å². The van der Waals surface area contributed by atoms with Crippen molar-refractivity contribution >= 4 is 5.69 Å². The first-order valence-electron chi connectivity index (χ1n) is 8.37. The Kier molecular flexibility index (Phi) is 7.95. The van der Waals surface area contributed by atoms with Gasteiger partial charge in [-0.05, 0) is 45.1 Å². The Balaban J connectivity index is 0.000000521. The third-order valence-electron chi connectivity index (χ3n) is 3.86. The molecule has 0 unspecified atom stereocenters. The zero-order valence-electron chi connectivity index (χ0n) is 15.3. The number of nitrogens with zero attached hydrogens (tertiary/aromatic N) is 2. The van der Waals surface area contributed by atoms with Crippen LogP contribution >= 0.6 is 0 Å². The highest BCUT2D eigenvalue weighted by molar-refractivity contribution is 5.52. The van der Waals surface area contributed by atoms with E-state index in [0.717, 1.165) is 24.4 Å². The predicted octanol–water partition coefficient (Wildman–Crippen LogP) is 3.93. The lowest BCUT2D eigenvalue weighted by Gasteiger charge is -2.43. The van der Waals surface area contributed by atoms with Crippen molar-refractivity contribution in [3.63, 3.8) is 0 Å². The standard InChI is InChI=1S/C15H17FN2O.C2H7N.C2H6/c1-3-15(7-8-15)18-11-19-10-17(12(18)2)14-6-4-5-13(16)9-14;1-3-2;1-2/h3-6,9H,1-2,7-8,10-11H2;3H,1-2H3;1-2H3. The first-order valence-corrected chi connectivity index (χ1v) is 8.37. The van der Waals surface area contributed by atoms with Crippen LogP contribution in [0.4, 0.5) is 10.1 Å². The molecule has 3 rings (SSSR count). The monoisotopic (exact) mass is 335 g/mol. The van der Waals surface area contributed by atoms with Crippen LogP contribution in [0.5, 0.6) is 0 Å². The molecule has 0 atom stereocenters. The SMILES string of the molecule is C=CC1(N2COCN(c3cccc(F)c3)C2=C)CC1.CC.CNC. The van der Waals surface area contributed by atoms with E-state index in [1.807, 2.05) is 45.0 Å². The van der Waals surface area contributed by atoms with Gasteiger partial charge in [0.1, 0.15) is 25.1 Å². The fourth-order valence-corrected chi connectivity index (χ4v) is 2.48. The molecule has 1 N–H and O–H groups in total. The minimum atomic E-state index is -0.257. The molecule has 0 radical (unpaired) electrons. The van der Waals surface area contributed by atoms with Gasteiger partial charge in [-0.2, -0.15) is 0 Å². The minimum Gasteiger partial charge on any atom is -0.340 e. The van der Waals surface area contributed by atoms with Crippen LogP contribution in [0.15, 0.2) is 49.3 Å². The van der Waals surface area contributed by atoms with Crippen molar-refractivity contribution in [2.24, 2.45) is 0 Å². The number of halogens is 1. The van der Waals surface area contributed by atoms with Gasteiger partial charge in [-0.3, -0.25) is 0 Å². The molecule has 1 aliphatic carbocycles. The van der Waals surface area contributed by atoms with Crippen LogP contribution in [0, 0.1) is 5.82 Å². The summed E-state index contributed by atoms with van der Waals surface area (Å²) in [6.45, 7) is 12.9. The Hall–Kier alpha value is -1.85. The van der Waals surface area contributed by atoms with Crippen molar-refractivity contribution in [1.82, 2.24) is 10.2 Å². The molecule has 5 heteroatoms. The Morgan fingerprint density at radius 2 is 1.88 bits per heavy atom. The van der Waals surface area contributed by atoms with E-state index in [-0.39, 0.29) is 11.4 Å². The molecule has 2 fully saturated rings. The van der Waals surface area contributed by atoms with Crippen LogP contribution in [0.3, 0.4) is 0 Å². The van der Waals surface area contributed by atoms with Gasteiger partial charge in [0.25, 0.3) is 0 Å². The molecule has 1 aromatic carbocycles. The largest absolute Gasteiger partial charge is 0.340 e. The number of hydrogen-bond acceptors (Lipinski definition) is 4. The predicted molar refractivity (Wildman–Crippen MR) is 99.2 cm³/mol. The van der Waals surface area contributed by atoms with Crippen molar-refractivity contribution in [2.75, 3.05) is 32.5 Å². The lowest BCUT2D eigenvalue weighted by atomic mass is 10.2. The van der Waals surface area contributed by atoms with Crippen molar-refractivity contribution in [3.8, 4) is 0 Å². The minimum absolute atomic E-state index is 0.0247. The molecule has 1 heterocycles. The molecule has 1 aromatic rings. The van der Waals surface area contributed by atoms with E-state index >= 15 is 0 Å². The highest BCUT2D eigenvalue weighted by Crippen LogP contribution is 2.46. The second kappa shape index (κ2) is 9.45. The van der Waals surface area contributed by atoms with E-state index in [0.29, 0.717) is 13.5 Å². The third-order valence-corrected chi connectivity index (χ3v) is 3.86. The normalized spacial score (nSPS) is 18.0. The van der Waals surface area contributed by atoms with Gasteiger partial charge in [0.2, 0.25) is 0 Å². The summed E-state index contributed by atoms with van der Waals surface area (Å²) in [4.78, 5) is 3.99. The van der Waals surface area contributed by atoms with Gasteiger partial charge in [0, 0.05) is 5.69 Å². The summed E-state index contributed by atoms with van der Waals surface area (Å²) in [5.74, 6) is 0.585. The molecule has 4 nitrogen and oxygen atoms in total. The van der Waals surface area contributed by atoms with Crippen LogP contribution in [0.1, 0.15) is 26.7 Å².